The summed E-state index contributed by atoms with van der Waals surface area (Å²) in [6, 6.07) is 20.4. The van der Waals surface area contributed by atoms with Crippen molar-refractivity contribution in [1.29, 1.82) is 0 Å². The zero-order chi connectivity index (χ0) is 22.4. The topological polar surface area (TPSA) is 66.9 Å². The van der Waals surface area contributed by atoms with Gasteiger partial charge >= 0.3 is 0 Å². The van der Waals surface area contributed by atoms with Crippen molar-refractivity contribution in [2.45, 2.75) is 11.4 Å². The number of rotatable bonds is 8. The van der Waals surface area contributed by atoms with Crippen molar-refractivity contribution < 1.29 is 22.3 Å². The molecule has 0 aliphatic rings. The molecule has 0 spiro atoms. The van der Waals surface area contributed by atoms with E-state index in [4.69, 9.17) is 4.74 Å². The second kappa shape index (κ2) is 9.72. The summed E-state index contributed by atoms with van der Waals surface area (Å²) in [5.41, 5.74) is 1.33. The Kier molecular flexibility index (Phi) is 7.04. The van der Waals surface area contributed by atoms with Gasteiger partial charge in [0, 0.05) is 19.3 Å². The molecule has 0 radical (unpaired) electrons. The number of nitrogens with zero attached hydrogens (tertiary/aromatic N) is 2. The lowest BCUT2D eigenvalue weighted by atomic mass is 10.2. The molecule has 0 heterocycles. The Labute approximate surface area is 181 Å². The van der Waals surface area contributed by atoms with Crippen molar-refractivity contribution in [1.82, 2.24) is 4.31 Å². The Balaban J connectivity index is 1.88. The maximum Gasteiger partial charge on any atom is 0.243 e. The molecule has 0 unspecified atom stereocenters. The molecule has 0 aliphatic heterocycles. The molecule has 6 nitrogen and oxygen atoms in total. The maximum atomic E-state index is 13.3. The van der Waals surface area contributed by atoms with Crippen LogP contribution in [-0.2, 0) is 21.4 Å². The van der Waals surface area contributed by atoms with Crippen LogP contribution < -0.4 is 9.64 Å². The van der Waals surface area contributed by atoms with Gasteiger partial charge < -0.3 is 9.64 Å². The number of methoxy groups -OCH3 is 1. The Bertz CT molecular complexity index is 1120. The highest BCUT2D eigenvalue weighted by molar-refractivity contribution is 7.89. The first-order valence-electron chi connectivity index (χ1n) is 9.51. The fourth-order valence-electron chi connectivity index (χ4n) is 2.98. The van der Waals surface area contributed by atoms with Gasteiger partial charge in [-0.3, -0.25) is 4.79 Å². The van der Waals surface area contributed by atoms with Crippen LogP contribution in [0.5, 0.6) is 5.75 Å². The molecule has 3 aromatic carbocycles. The van der Waals surface area contributed by atoms with E-state index in [0.29, 0.717) is 11.4 Å². The summed E-state index contributed by atoms with van der Waals surface area (Å²) in [5, 5.41) is 0. The minimum absolute atomic E-state index is 0.00272. The van der Waals surface area contributed by atoms with Crippen LogP contribution in [0.25, 0.3) is 0 Å². The van der Waals surface area contributed by atoms with E-state index >= 15 is 0 Å². The van der Waals surface area contributed by atoms with E-state index in [-0.39, 0.29) is 18.0 Å². The number of ether oxygens (including phenoxy) is 1. The molecule has 0 aliphatic carbocycles. The molecule has 0 bridgehead atoms. The van der Waals surface area contributed by atoms with Gasteiger partial charge in [-0.2, -0.15) is 4.31 Å². The molecule has 31 heavy (non-hydrogen) atoms. The molecule has 0 saturated heterocycles. The van der Waals surface area contributed by atoms with E-state index in [2.05, 4.69) is 0 Å². The average Bonchev–Trinajstić information content (AvgIpc) is 2.79. The van der Waals surface area contributed by atoms with E-state index in [1.807, 2.05) is 6.07 Å². The Morgan fingerprint density at radius 2 is 1.55 bits per heavy atom. The van der Waals surface area contributed by atoms with Gasteiger partial charge in [0.25, 0.3) is 0 Å². The molecule has 0 atom stereocenters. The van der Waals surface area contributed by atoms with Crippen LogP contribution in [0.4, 0.5) is 10.1 Å². The van der Waals surface area contributed by atoms with E-state index < -0.39 is 21.7 Å². The van der Waals surface area contributed by atoms with Gasteiger partial charge in [-0.15, -0.1) is 0 Å². The number of carbonyl (C=O) groups excluding carboxylic acids is 1. The van der Waals surface area contributed by atoms with Gasteiger partial charge in [-0.1, -0.05) is 30.3 Å². The molecule has 0 aromatic heterocycles. The molecule has 162 valence electrons. The van der Waals surface area contributed by atoms with Crippen molar-refractivity contribution in [2.24, 2.45) is 0 Å². The summed E-state index contributed by atoms with van der Waals surface area (Å²) < 4.78 is 46.0. The van der Waals surface area contributed by atoms with Gasteiger partial charge in [0.1, 0.15) is 11.6 Å². The predicted molar refractivity (Wildman–Crippen MR) is 117 cm³/mol. The van der Waals surface area contributed by atoms with Crippen LogP contribution in [0, 0.1) is 5.82 Å². The van der Waals surface area contributed by atoms with Crippen molar-refractivity contribution in [3.8, 4) is 5.75 Å². The fraction of sp³-hybridized carbons (Fsp3) is 0.174. The van der Waals surface area contributed by atoms with Crippen LogP contribution in [0.2, 0.25) is 0 Å². The van der Waals surface area contributed by atoms with E-state index in [1.54, 1.807) is 62.7 Å². The lowest BCUT2D eigenvalue weighted by molar-refractivity contribution is -0.118. The second-order valence-electron chi connectivity index (χ2n) is 6.86. The lowest BCUT2D eigenvalue weighted by Crippen LogP contribution is -2.41. The van der Waals surface area contributed by atoms with Gasteiger partial charge in [0.15, 0.2) is 0 Å². The van der Waals surface area contributed by atoms with Crippen molar-refractivity contribution >= 4 is 21.6 Å². The zero-order valence-electron chi connectivity index (χ0n) is 17.2. The SMILES string of the molecule is COc1ccc(N(C)C(=O)CN(Cc2ccccc2)S(=O)(=O)c2ccc(F)cc2)cc1. The van der Waals surface area contributed by atoms with Gasteiger partial charge in [-0.05, 0) is 54.1 Å². The fourth-order valence-corrected chi connectivity index (χ4v) is 4.35. The number of halogens is 1. The minimum atomic E-state index is -4.04. The predicted octanol–water partition coefficient (Wildman–Crippen LogP) is 3.69. The summed E-state index contributed by atoms with van der Waals surface area (Å²) in [5.74, 6) is -0.301. The number of hydrogen-bond donors (Lipinski definition) is 0. The summed E-state index contributed by atoms with van der Waals surface area (Å²) in [6.07, 6.45) is 0. The zero-order valence-corrected chi connectivity index (χ0v) is 18.0. The highest BCUT2D eigenvalue weighted by Crippen LogP contribution is 2.22. The number of amides is 1. The van der Waals surface area contributed by atoms with Crippen molar-refractivity contribution in [2.75, 3.05) is 25.6 Å². The Morgan fingerprint density at radius 3 is 2.13 bits per heavy atom. The molecule has 0 N–H and O–H groups in total. The number of carbonyl (C=O) groups is 1. The number of anilines is 1. The van der Waals surface area contributed by atoms with Gasteiger partial charge in [0.05, 0.1) is 18.6 Å². The number of benzene rings is 3. The van der Waals surface area contributed by atoms with E-state index in [1.165, 1.54) is 17.0 Å². The molecule has 1 amide bonds. The third-order valence-corrected chi connectivity index (χ3v) is 6.60. The molecular weight excluding hydrogens is 419 g/mol. The minimum Gasteiger partial charge on any atom is -0.497 e. The summed E-state index contributed by atoms with van der Waals surface area (Å²) in [7, 11) is -0.912. The first-order chi connectivity index (χ1) is 14.8. The van der Waals surface area contributed by atoms with Crippen LogP contribution in [-0.4, -0.2) is 39.3 Å². The Morgan fingerprint density at radius 1 is 0.935 bits per heavy atom. The molecule has 0 fully saturated rings. The quantitative estimate of drug-likeness (QED) is 0.534. The average molecular weight is 443 g/mol. The molecule has 8 heteroatoms. The van der Waals surface area contributed by atoms with Crippen LogP contribution >= 0.6 is 0 Å². The van der Waals surface area contributed by atoms with Crippen molar-refractivity contribution in [3.05, 3.63) is 90.2 Å². The number of hydrogen-bond acceptors (Lipinski definition) is 4. The summed E-state index contributed by atoms with van der Waals surface area (Å²) in [6.45, 7) is -0.375. The van der Waals surface area contributed by atoms with E-state index in [9.17, 15) is 17.6 Å². The highest BCUT2D eigenvalue weighted by Gasteiger charge is 2.28. The standard InChI is InChI=1S/C23H23FN2O4S/c1-25(20-10-12-21(30-2)13-11-20)23(27)17-26(16-18-6-4-3-5-7-18)31(28,29)22-14-8-19(24)9-15-22/h3-15H,16-17H2,1-2H3. The van der Waals surface area contributed by atoms with Crippen LogP contribution in [0.15, 0.2) is 83.8 Å². The van der Waals surface area contributed by atoms with Gasteiger partial charge in [-0.25, -0.2) is 12.8 Å². The molecular formula is C23H23FN2O4S. The summed E-state index contributed by atoms with van der Waals surface area (Å²) >= 11 is 0. The lowest BCUT2D eigenvalue weighted by Gasteiger charge is -2.25. The monoisotopic (exact) mass is 442 g/mol. The highest BCUT2D eigenvalue weighted by atomic mass is 32.2. The number of sulfonamides is 1. The number of likely N-dealkylation sites (N-methyl/N-ethyl adjacent to an activating group) is 1. The van der Waals surface area contributed by atoms with E-state index in [0.717, 1.165) is 22.0 Å². The first-order valence-corrected chi connectivity index (χ1v) is 11.0. The summed E-state index contributed by atoms with van der Waals surface area (Å²) in [4.78, 5) is 14.3. The third-order valence-electron chi connectivity index (χ3n) is 4.80. The molecule has 3 aromatic rings. The third kappa shape index (κ3) is 5.48. The van der Waals surface area contributed by atoms with Crippen LogP contribution in [0.1, 0.15) is 5.56 Å². The van der Waals surface area contributed by atoms with Crippen molar-refractivity contribution in [3.63, 3.8) is 0 Å². The second-order valence-corrected chi connectivity index (χ2v) is 8.80. The van der Waals surface area contributed by atoms with Gasteiger partial charge in [0.2, 0.25) is 15.9 Å². The molecule has 0 saturated carbocycles. The first kappa shape index (κ1) is 22.5. The molecule has 3 rings (SSSR count). The Hall–Kier alpha value is -3.23. The largest absolute Gasteiger partial charge is 0.497 e. The normalized spacial score (nSPS) is 11.4. The van der Waals surface area contributed by atoms with Crippen LogP contribution in [0.3, 0.4) is 0 Å². The smallest absolute Gasteiger partial charge is 0.243 e. The maximum absolute atomic E-state index is 13.3.